The number of benzene rings is 1. The SMILES string of the molecule is CC(C)c1noc2ccc3cnc(Nc4ccc(N5CCOCC5)cn4)nc3c12. The van der Waals surface area contributed by atoms with Crippen molar-refractivity contribution >= 4 is 39.3 Å². The second-order valence-electron chi connectivity index (χ2n) is 7.42. The van der Waals surface area contributed by atoms with Crippen molar-refractivity contribution in [3.05, 3.63) is 42.4 Å². The first-order chi connectivity index (χ1) is 14.2. The van der Waals surface area contributed by atoms with Crippen molar-refractivity contribution in [1.82, 2.24) is 20.1 Å². The lowest BCUT2D eigenvalue weighted by molar-refractivity contribution is 0.122. The normalized spacial score (nSPS) is 14.8. The lowest BCUT2D eigenvalue weighted by Gasteiger charge is -2.28. The van der Waals surface area contributed by atoms with Crippen LogP contribution in [0, 0.1) is 0 Å². The first-order valence-corrected chi connectivity index (χ1v) is 9.80. The molecular weight excluding hydrogens is 368 g/mol. The lowest BCUT2D eigenvalue weighted by atomic mass is 10.0. The topological polar surface area (TPSA) is 89.2 Å². The molecule has 8 heteroatoms. The van der Waals surface area contributed by atoms with Gasteiger partial charge in [-0.2, -0.15) is 0 Å². The number of ether oxygens (including phenoxy) is 1. The number of hydrogen-bond acceptors (Lipinski definition) is 8. The van der Waals surface area contributed by atoms with E-state index in [1.807, 2.05) is 30.6 Å². The number of rotatable bonds is 4. The Hall–Kier alpha value is -3.26. The molecule has 0 amide bonds. The summed E-state index contributed by atoms with van der Waals surface area (Å²) in [6, 6.07) is 7.86. The molecule has 0 radical (unpaired) electrons. The van der Waals surface area contributed by atoms with Crippen LogP contribution in [0.2, 0.25) is 0 Å². The summed E-state index contributed by atoms with van der Waals surface area (Å²) in [5.74, 6) is 1.43. The van der Waals surface area contributed by atoms with Gasteiger partial charge in [0.25, 0.3) is 0 Å². The fourth-order valence-electron chi connectivity index (χ4n) is 3.58. The Bertz CT molecular complexity index is 1150. The van der Waals surface area contributed by atoms with E-state index in [9.17, 15) is 0 Å². The van der Waals surface area contributed by atoms with Gasteiger partial charge in [-0.1, -0.05) is 19.0 Å². The van der Waals surface area contributed by atoms with Crippen LogP contribution in [0.3, 0.4) is 0 Å². The lowest BCUT2D eigenvalue weighted by Crippen LogP contribution is -2.36. The highest BCUT2D eigenvalue weighted by Gasteiger charge is 2.17. The van der Waals surface area contributed by atoms with E-state index < -0.39 is 0 Å². The van der Waals surface area contributed by atoms with Gasteiger partial charge in [-0.3, -0.25) is 0 Å². The molecule has 0 aliphatic carbocycles. The molecule has 1 aromatic carbocycles. The van der Waals surface area contributed by atoms with Gasteiger partial charge in [-0.15, -0.1) is 0 Å². The summed E-state index contributed by atoms with van der Waals surface area (Å²) >= 11 is 0. The third kappa shape index (κ3) is 3.36. The Morgan fingerprint density at radius 3 is 2.66 bits per heavy atom. The van der Waals surface area contributed by atoms with E-state index >= 15 is 0 Å². The molecule has 148 valence electrons. The highest BCUT2D eigenvalue weighted by atomic mass is 16.5. The van der Waals surface area contributed by atoms with Gasteiger partial charge in [0, 0.05) is 24.7 Å². The summed E-state index contributed by atoms with van der Waals surface area (Å²) in [6.45, 7) is 7.46. The van der Waals surface area contributed by atoms with E-state index in [-0.39, 0.29) is 5.92 Å². The molecule has 29 heavy (non-hydrogen) atoms. The van der Waals surface area contributed by atoms with Gasteiger partial charge in [0.15, 0.2) is 5.58 Å². The Morgan fingerprint density at radius 2 is 1.90 bits per heavy atom. The van der Waals surface area contributed by atoms with Crippen LogP contribution in [0.25, 0.3) is 21.9 Å². The van der Waals surface area contributed by atoms with Gasteiger partial charge in [0.2, 0.25) is 5.95 Å². The number of pyridine rings is 1. The number of morpholine rings is 1. The molecule has 1 N–H and O–H groups in total. The minimum Gasteiger partial charge on any atom is -0.378 e. The number of hydrogen-bond donors (Lipinski definition) is 1. The van der Waals surface area contributed by atoms with Crippen molar-refractivity contribution in [2.45, 2.75) is 19.8 Å². The zero-order valence-electron chi connectivity index (χ0n) is 16.4. The zero-order valence-corrected chi connectivity index (χ0v) is 16.4. The van der Waals surface area contributed by atoms with Gasteiger partial charge in [-0.25, -0.2) is 15.0 Å². The van der Waals surface area contributed by atoms with Crippen LogP contribution < -0.4 is 10.2 Å². The minimum atomic E-state index is 0.239. The second kappa shape index (κ2) is 7.29. The predicted molar refractivity (Wildman–Crippen MR) is 112 cm³/mol. The summed E-state index contributed by atoms with van der Waals surface area (Å²) in [6.07, 6.45) is 3.67. The summed E-state index contributed by atoms with van der Waals surface area (Å²) < 4.78 is 10.9. The van der Waals surface area contributed by atoms with Crippen LogP contribution in [0.15, 0.2) is 41.2 Å². The van der Waals surface area contributed by atoms with Crippen molar-refractivity contribution in [3.8, 4) is 0 Å². The van der Waals surface area contributed by atoms with Crippen LogP contribution in [-0.2, 0) is 4.74 Å². The highest BCUT2D eigenvalue weighted by molar-refractivity contribution is 6.04. The maximum atomic E-state index is 5.49. The molecule has 0 unspecified atom stereocenters. The van der Waals surface area contributed by atoms with Crippen molar-refractivity contribution in [2.75, 3.05) is 36.5 Å². The first kappa shape index (κ1) is 17.8. The predicted octanol–water partition coefficient (Wildman–Crippen LogP) is 3.87. The Kier molecular flexibility index (Phi) is 4.48. The molecule has 1 aliphatic rings. The van der Waals surface area contributed by atoms with E-state index in [1.54, 1.807) is 0 Å². The molecule has 4 aromatic rings. The van der Waals surface area contributed by atoms with Crippen molar-refractivity contribution < 1.29 is 9.26 Å². The van der Waals surface area contributed by atoms with E-state index in [4.69, 9.17) is 14.2 Å². The largest absolute Gasteiger partial charge is 0.378 e. The molecule has 0 atom stereocenters. The van der Waals surface area contributed by atoms with Crippen LogP contribution in [-0.4, -0.2) is 46.4 Å². The monoisotopic (exact) mass is 390 g/mol. The average molecular weight is 390 g/mol. The van der Waals surface area contributed by atoms with E-state index in [2.05, 4.69) is 45.3 Å². The molecule has 0 saturated carbocycles. The maximum absolute atomic E-state index is 5.49. The van der Waals surface area contributed by atoms with Crippen LogP contribution in [0.5, 0.6) is 0 Å². The second-order valence-corrected chi connectivity index (χ2v) is 7.42. The molecule has 0 bridgehead atoms. The highest BCUT2D eigenvalue weighted by Crippen LogP contribution is 2.31. The Labute approximate surface area is 167 Å². The van der Waals surface area contributed by atoms with Crippen molar-refractivity contribution in [3.63, 3.8) is 0 Å². The fraction of sp³-hybridized carbons (Fsp3) is 0.333. The molecule has 4 heterocycles. The maximum Gasteiger partial charge on any atom is 0.228 e. The Balaban J connectivity index is 1.46. The van der Waals surface area contributed by atoms with Crippen LogP contribution in [0.1, 0.15) is 25.5 Å². The van der Waals surface area contributed by atoms with Gasteiger partial charge >= 0.3 is 0 Å². The van der Waals surface area contributed by atoms with Gasteiger partial charge in [0.1, 0.15) is 5.82 Å². The van der Waals surface area contributed by atoms with E-state index in [0.717, 1.165) is 59.6 Å². The Morgan fingerprint density at radius 1 is 1.03 bits per heavy atom. The zero-order chi connectivity index (χ0) is 19.8. The molecular formula is C21H22N6O2. The van der Waals surface area contributed by atoms with E-state index in [0.29, 0.717) is 11.8 Å². The molecule has 8 nitrogen and oxygen atoms in total. The molecule has 5 rings (SSSR count). The number of nitrogens with zero attached hydrogens (tertiary/aromatic N) is 5. The summed E-state index contributed by atoms with van der Waals surface area (Å²) in [5, 5.41) is 9.33. The number of fused-ring (bicyclic) bond motifs is 3. The molecule has 1 fully saturated rings. The first-order valence-electron chi connectivity index (χ1n) is 9.80. The third-order valence-corrected chi connectivity index (χ3v) is 5.12. The molecule has 0 spiro atoms. The molecule has 1 saturated heterocycles. The fourth-order valence-corrected chi connectivity index (χ4v) is 3.58. The summed E-state index contributed by atoms with van der Waals surface area (Å²) in [4.78, 5) is 16.0. The summed E-state index contributed by atoms with van der Waals surface area (Å²) in [7, 11) is 0. The van der Waals surface area contributed by atoms with Crippen molar-refractivity contribution in [1.29, 1.82) is 0 Å². The van der Waals surface area contributed by atoms with Gasteiger partial charge < -0.3 is 19.5 Å². The van der Waals surface area contributed by atoms with E-state index in [1.165, 1.54) is 0 Å². The average Bonchev–Trinajstić information content (AvgIpc) is 3.20. The number of anilines is 3. The smallest absolute Gasteiger partial charge is 0.228 e. The third-order valence-electron chi connectivity index (χ3n) is 5.12. The van der Waals surface area contributed by atoms with Crippen molar-refractivity contribution in [2.24, 2.45) is 0 Å². The number of nitrogens with one attached hydrogen (secondary N) is 1. The minimum absolute atomic E-state index is 0.239. The standard InChI is InChI=1S/C21H22N6O2/c1-13(2)19-18-16(29-26-19)5-3-14-11-23-21(25-20(14)18)24-17-6-4-15(12-22-17)27-7-9-28-10-8-27/h3-6,11-13H,7-10H2,1-2H3,(H,22,23,24,25). The number of aromatic nitrogens is 4. The molecule has 3 aromatic heterocycles. The quantitative estimate of drug-likeness (QED) is 0.562. The van der Waals surface area contributed by atoms with Crippen LogP contribution >= 0.6 is 0 Å². The summed E-state index contributed by atoms with van der Waals surface area (Å²) in [5.41, 5.74) is 3.56. The van der Waals surface area contributed by atoms with Crippen LogP contribution in [0.4, 0.5) is 17.5 Å². The van der Waals surface area contributed by atoms with Gasteiger partial charge in [0.05, 0.1) is 41.7 Å². The molecule has 1 aliphatic heterocycles. The van der Waals surface area contributed by atoms with Gasteiger partial charge in [-0.05, 0) is 30.2 Å².